The zero-order chi connectivity index (χ0) is 19.3. The summed E-state index contributed by atoms with van der Waals surface area (Å²) in [5.41, 5.74) is 5.23. The molecule has 7 heteroatoms. The number of carbonyl (C=O) groups is 1. The van der Waals surface area contributed by atoms with Gasteiger partial charge in [0.25, 0.3) is 0 Å². The summed E-state index contributed by atoms with van der Waals surface area (Å²) in [5.74, 6) is -0.334. The number of pyridine rings is 1. The van der Waals surface area contributed by atoms with Crippen molar-refractivity contribution >= 4 is 11.7 Å². The molecule has 144 valence electrons. The van der Waals surface area contributed by atoms with Gasteiger partial charge in [-0.15, -0.1) is 0 Å². The minimum Gasteiger partial charge on any atom is -0.336 e. The van der Waals surface area contributed by atoms with Crippen molar-refractivity contribution in [2.24, 2.45) is 0 Å². The average Bonchev–Trinajstić information content (AvgIpc) is 3.09. The van der Waals surface area contributed by atoms with Gasteiger partial charge in [0.05, 0.1) is 12.2 Å². The molecule has 2 aromatic heterocycles. The van der Waals surface area contributed by atoms with Gasteiger partial charge in [-0.25, -0.2) is 9.18 Å². The number of fused-ring (bicyclic) bond motifs is 1. The molecule has 2 N–H and O–H groups in total. The van der Waals surface area contributed by atoms with Gasteiger partial charge in [-0.2, -0.15) is 5.10 Å². The summed E-state index contributed by atoms with van der Waals surface area (Å²) in [4.78, 5) is 16.1. The van der Waals surface area contributed by atoms with E-state index in [4.69, 9.17) is 5.10 Å². The van der Waals surface area contributed by atoms with Gasteiger partial charge in [-0.05, 0) is 62.1 Å². The Morgan fingerprint density at radius 3 is 2.61 bits per heavy atom. The van der Waals surface area contributed by atoms with Gasteiger partial charge >= 0.3 is 6.03 Å². The third-order valence-corrected chi connectivity index (χ3v) is 4.92. The van der Waals surface area contributed by atoms with Crippen LogP contribution in [0.1, 0.15) is 24.1 Å². The van der Waals surface area contributed by atoms with Crippen molar-refractivity contribution < 1.29 is 9.18 Å². The van der Waals surface area contributed by atoms with Gasteiger partial charge in [0.15, 0.2) is 0 Å². The molecule has 1 aromatic carbocycles. The molecular weight excluding hydrogens is 357 g/mol. The van der Waals surface area contributed by atoms with Crippen molar-refractivity contribution in [1.82, 2.24) is 20.1 Å². The lowest BCUT2D eigenvalue weighted by molar-refractivity contribution is 0.251. The van der Waals surface area contributed by atoms with Crippen LogP contribution in [0, 0.1) is 5.82 Å². The van der Waals surface area contributed by atoms with Crippen molar-refractivity contribution in [1.29, 1.82) is 0 Å². The van der Waals surface area contributed by atoms with Gasteiger partial charge in [0, 0.05) is 41.4 Å². The lowest BCUT2D eigenvalue weighted by Crippen LogP contribution is -2.32. The van der Waals surface area contributed by atoms with Crippen LogP contribution in [-0.4, -0.2) is 27.3 Å². The molecule has 0 bridgehead atoms. The lowest BCUT2D eigenvalue weighted by Gasteiger charge is -2.14. The molecule has 0 saturated carbocycles. The Hall–Kier alpha value is -3.22. The highest BCUT2D eigenvalue weighted by Crippen LogP contribution is 2.30. The fourth-order valence-corrected chi connectivity index (χ4v) is 3.58. The third-order valence-electron chi connectivity index (χ3n) is 4.92. The van der Waals surface area contributed by atoms with E-state index < -0.39 is 0 Å². The normalized spacial score (nSPS) is 13.0. The fourth-order valence-electron chi connectivity index (χ4n) is 3.58. The van der Waals surface area contributed by atoms with Crippen LogP contribution < -0.4 is 10.6 Å². The Morgan fingerprint density at radius 2 is 1.82 bits per heavy atom. The summed E-state index contributed by atoms with van der Waals surface area (Å²) in [6.07, 6.45) is 7.94. The number of anilines is 1. The Kier molecular flexibility index (Phi) is 5.32. The van der Waals surface area contributed by atoms with E-state index >= 15 is 0 Å². The van der Waals surface area contributed by atoms with Gasteiger partial charge in [0.1, 0.15) is 5.82 Å². The second-order valence-corrected chi connectivity index (χ2v) is 6.83. The van der Waals surface area contributed by atoms with Crippen LogP contribution in [-0.2, 0) is 19.4 Å². The number of hydrogen-bond acceptors (Lipinski definition) is 3. The van der Waals surface area contributed by atoms with E-state index in [0.29, 0.717) is 18.8 Å². The molecule has 1 aliphatic carbocycles. The van der Waals surface area contributed by atoms with Crippen molar-refractivity contribution in [3.63, 3.8) is 0 Å². The summed E-state index contributed by atoms with van der Waals surface area (Å²) in [6, 6.07) is 9.33. The van der Waals surface area contributed by atoms with Crippen LogP contribution in [0.4, 0.5) is 14.9 Å². The summed E-state index contributed by atoms with van der Waals surface area (Å²) in [7, 11) is 0. The molecule has 0 atom stereocenters. The summed E-state index contributed by atoms with van der Waals surface area (Å²) in [5, 5.41) is 10.4. The number of amides is 2. The van der Waals surface area contributed by atoms with Crippen LogP contribution >= 0.6 is 0 Å². The molecule has 0 fully saturated rings. The Balaban J connectivity index is 1.41. The molecule has 0 unspecified atom stereocenters. The number of hydrogen-bond donors (Lipinski definition) is 2. The highest BCUT2D eigenvalue weighted by atomic mass is 19.1. The van der Waals surface area contributed by atoms with Crippen LogP contribution in [0.3, 0.4) is 0 Å². The molecule has 0 saturated heterocycles. The van der Waals surface area contributed by atoms with E-state index in [9.17, 15) is 9.18 Å². The minimum atomic E-state index is -0.334. The van der Waals surface area contributed by atoms with Gasteiger partial charge in [-0.3, -0.25) is 9.67 Å². The first-order chi connectivity index (χ1) is 13.7. The standard InChI is InChI=1S/C21H22FN5O/c22-16-5-7-17(8-6-16)25-21(28)24-13-14-27-19-4-2-1-3-18(19)20(26-27)15-9-11-23-12-10-15/h5-12H,1-4,13-14H2,(H2,24,25,28). The van der Waals surface area contributed by atoms with E-state index in [1.807, 2.05) is 16.8 Å². The number of nitrogens with zero attached hydrogens (tertiary/aromatic N) is 3. The van der Waals surface area contributed by atoms with E-state index in [1.165, 1.54) is 41.9 Å². The van der Waals surface area contributed by atoms with Crippen molar-refractivity contribution in [3.05, 3.63) is 65.9 Å². The maximum absolute atomic E-state index is 12.9. The highest BCUT2D eigenvalue weighted by Gasteiger charge is 2.21. The predicted octanol–water partition coefficient (Wildman–Crippen LogP) is 3.78. The SMILES string of the molecule is O=C(NCCn1nc(-c2ccncc2)c2c1CCCC2)Nc1ccc(F)cc1. The van der Waals surface area contributed by atoms with E-state index in [0.717, 1.165) is 30.5 Å². The van der Waals surface area contributed by atoms with Crippen LogP contribution in [0.5, 0.6) is 0 Å². The molecule has 0 spiro atoms. The van der Waals surface area contributed by atoms with Crippen LogP contribution in [0.15, 0.2) is 48.8 Å². The highest BCUT2D eigenvalue weighted by molar-refractivity contribution is 5.89. The van der Waals surface area contributed by atoms with Crippen LogP contribution in [0.2, 0.25) is 0 Å². The largest absolute Gasteiger partial charge is 0.336 e. The number of nitrogens with one attached hydrogen (secondary N) is 2. The molecule has 2 heterocycles. The predicted molar refractivity (Wildman–Crippen MR) is 106 cm³/mol. The maximum atomic E-state index is 12.9. The molecule has 3 aromatic rings. The topological polar surface area (TPSA) is 71.8 Å². The van der Waals surface area contributed by atoms with Crippen molar-refractivity contribution in [2.45, 2.75) is 32.2 Å². The Morgan fingerprint density at radius 1 is 1.07 bits per heavy atom. The average molecular weight is 379 g/mol. The maximum Gasteiger partial charge on any atom is 0.319 e. The van der Waals surface area contributed by atoms with Crippen molar-refractivity contribution in [3.8, 4) is 11.3 Å². The molecule has 2 amide bonds. The summed E-state index contributed by atoms with van der Waals surface area (Å²) >= 11 is 0. The molecule has 6 nitrogen and oxygen atoms in total. The van der Waals surface area contributed by atoms with Gasteiger partial charge in [-0.1, -0.05) is 0 Å². The number of aromatic nitrogens is 3. The first kappa shape index (κ1) is 18.2. The third kappa shape index (κ3) is 4.03. The quantitative estimate of drug-likeness (QED) is 0.709. The monoisotopic (exact) mass is 379 g/mol. The number of urea groups is 1. The fraction of sp³-hybridized carbons (Fsp3) is 0.286. The molecule has 0 radical (unpaired) electrons. The Bertz CT molecular complexity index is 953. The molecule has 4 rings (SSSR count). The molecule has 1 aliphatic rings. The zero-order valence-corrected chi connectivity index (χ0v) is 15.5. The first-order valence-corrected chi connectivity index (χ1v) is 9.50. The zero-order valence-electron chi connectivity index (χ0n) is 15.5. The number of carbonyl (C=O) groups excluding carboxylic acids is 1. The number of benzene rings is 1. The van der Waals surface area contributed by atoms with E-state index in [1.54, 1.807) is 12.4 Å². The van der Waals surface area contributed by atoms with E-state index in [2.05, 4.69) is 15.6 Å². The van der Waals surface area contributed by atoms with Crippen LogP contribution in [0.25, 0.3) is 11.3 Å². The van der Waals surface area contributed by atoms with E-state index in [-0.39, 0.29) is 11.8 Å². The number of rotatable bonds is 5. The Labute approximate surface area is 162 Å². The first-order valence-electron chi connectivity index (χ1n) is 9.50. The smallest absolute Gasteiger partial charge is 0.319 e. The summed E-state index contributed by atoms with van der Waals surface area (Å²) in [6.45, 7) is 1.06. The summed E-state index contributed by atoms with van der Waals surface area (Å²) < 4.78 is 15.0. The second-order valence-electron chi connectivity index (χ2n) is 6.83. The van der Waals surface area contributed by atoms with Gasteiger partial charge in [0.2, 0.25) is 0 Å². The number of halogens is 1. The van der Waals surface area contributed by atoms with Gasteiger partial charge < -0.3 is 10.6 Å². The molecular formula is C21H22FN5O. The lowest BCUT2D eigenvalue weighted by atomic mass is 9.94. The molecule has 0 aliphatic heterocycles. The second kappa shape index (κ2) is 8.21. The molecule has 28 heavy (non-hydrogen) atoms. The van der Waals surface area contributed by atoms with Crippen molar-refractivity contribution in [2.75, 3.05) is 11.9 Å². The minimum absolute atomic E-state index is 0.318.